The average Bonchev–Trinajstić information content (AvgIpc) is 2.96. The first kappa shape index (κ1) is 18.5. The summed E-state index contributed by atoms with van der Waals surface area (Å²) in [6, 6.07) is 9.44. The first-order valence-electron chi connectivity index (χ1n) is 9.87. The molecule has 1 aliphatic rings. The molecule has 0 N–H and O–H groups in total. The Kier molecular flexibility index (Phi) is 4.79. The van der Waals surface area contributed by atoms with Crippen LogP contribution in [-0.4, -0.2) is 38.2 Å². The largest absolute Gasteiger partial charge is 0.341 e. The maximum atomic E-state index is 13.1. The summed E-state index contributed by atoms with van der Waals surface area (Å²) in [6.45, 7) is 7.91. The topological polar surface area (TPSA) is 60.1 Å². The van der Waals surface area contributed by atoms with Gasteiger partial charge in [0.15, 0.2) is 5.65 Å². The minimum absolute atomic E-state index is 0.0340. The van der Waals surface area contributed by atoms with E-state index in [1.165, 1.54) is 0 Å². The Bertz CT molecular complexity index is 1100. The van der Waals surface area contributed by atoms with Crippen LogP contribution in [0, 0.1) is 19.8 Å². The molecular weight excluding hydrogens is 352 g/mol. The van der Waals surface area contributed by atoms with Crippen molar-refractivity contribution < 1.29 is 4.79 Å². The Morgan fingerprint density at radius 3 is 2.79 bits per heavy atom. The fourth-order valence-corrected chi connectivity index (χ4v) is 3.99. The fourth-order valence-electron chi connectivity index (χ4n) is 3.99. The van der Waals surface area contributed by atoms with Gasteiger partial charge in [-0.15, -0.1) is 0 Å². The highest BCUT2D eigenvalue weighted by molar-refractivity contribution is 5.80. The summed E-state index contributed by atoms with van der Waals surface area (Å²) in [4.78, 5) is 32.5. The van der Waals surface area contributed by atoms with Crippen molar-refractivity contribution >= 4 is 16.9 Å². The molecule has 1 aromatic carbocycles. The van der Waals surface area contributed by atoms with Crippen LogP contribution in [0.15, 0.2) is 41.3 Å². The van der Waals surface area contributed by atoms with E-state index in [-0.39, 0.29) is 18.0 Å². The molecule has 0 unspecified atom stereocenters. The maximum absolute atomic E-state index is 13.1. The predicted octanol–water partition coefficient (Wildman–Crippen LogP) is 3.06. The van der Waals surface area contributed by atoms with Gasteiger partial charge in [0.05, 0.1) is 11.1 Å². The quantitative estimate of drug-likeness (QED) is 0.704. The number of aryl methyl sites for hydroxylation is 2. The lowest BCUT2D eigenvalue weighted by Crippen LogP contribution is -2.41. The van der Waals surface area contributed by atoms with E-state index in [1.807, 2.05) is 36.9 Å². The second-order valence-electron chi connectivity index (χ2n) is 7.90. The summed E-state index contributed by atoms with van der Waals surface area (Å²) in [6.07, 6.45) is 3.85. The number of pyridine rings is 1. The standard InChI is InChI=1S/C22H26N4O2/c1-15-6-5-11-24(13-15)20(27)14-25-21-19(7-4-10-23-21)22(28)26(25)18-9-8-16(2)17(3)12-18/h4,7-10,12,15H,5-6,11,13-14H2,1-3H3/t15-/m0/s1. The predicted molar refractivity (Wildman–Crippen MR) is 110 cm³/mol. The molecule has 1 fully saturated rings. The number of rotatable bonds is 3. The van der Waals surface area contributed by atoms with Gasteiger partial charge >= 0.3 is 0 Å². The molecule has 2 aromatic heterocycles. The lowest BCUT2D eigenvalue weighted by Gasteiger charge is -2.31. The second-order valence-corrected chi connectivity index (χ2v) is 7.90. The third-order valence-corrected chi connectivity index (χ3v) is 5.73. The minimum atomic E-state index is -0.147. The normalized spacial score (nSPS) is 17.2. The van der Waals surface area contributed by atoms with Gasteiger partial charge in [-0.1, -0.05) is 13.0 Å². The van der Waals surface area contributed by atoms with Crippen molar-refractivity contribution in [1.82, 2.24) is 19.2 Å². The minimum Gasteiger partial charge on any atom is -0.341 e. The van der Waals surface area contributed by atoms with Crippen molar-refractivity contribution in [2.45, 2.75) is 40.2 Å². The number of hydrogen-bond acceptors (Lipinski definition) is 3. The lowest BCUT2D eigenvalue weighted by atomic mass is 10.0. The van der Waals surface area contributed by atoms with Crippen LogP contribution in [0.5, 0.6) is 0 Å². The van der Waals surface area contributed by atoms with Crippen LogP contribution in [0.25, 0.3) is 16.7 Å². The summed E-state index contributed by atoms with van der Waals surface area (Å²) in [5.74, 6) is 0.547. The van der Waals surface area contributed by atoms with E-state index in [1.54, 1.807) is 27.7 Å². The van der Waals surface area contributed by atoms with Gasteiger partial charge in [0.1, 0.15) is 6.54 Å². The van der Waals surface area contributed by atoms with Crippen molar-refractivity contribution in [3.05, 3.63) is 58.0 Å². The molecule has 1 amide bonds. The molecule has 0 aliphatic carbocycles. The van der Waals surface area contributed by atoms with Gasteiger partial charge in [-0.2, -0.15) is 0 Å². The Hall–Kier alpha value is -2.89. The number of nitrogens with zero attached hydrogens (tertiary/aromatic N) is 4. The summed E-state index contributed by atoms with van der Waals surface area (Å²) in [5.41, 5.74) is 3.42. The second kappa shape index (κ2) is 7.26. The molecule has 1 aliphatic heterocycles. The van der Waals surface area contributed by atoms with Crippen LogP contribution in [0.2, 0.25) is 0 Å². The van der Waals surface area contributed by atoms with Crippen LogP contribution in [0.1, 0.15) is 30.9 Å². The van der Waals surface area contributed by atoms with Crippen molar-refractivity contribution in [2.24, 2.45) is 5.92 Å². The van der Waals surface area contributed by atoms with Gasteiger partial charge < -0.3 is 4.90 Å². The van der Waals surface area contributed by atoms with Crippen molar-refractivity contribution in [1.29, 1.82) is 0 Å². The number of carbonyl (C=O) groups is 1. The highest BCUT2D eigenvalue weighted by atomic mass is 16.2. The van der Waals surface area contributed by atoms with E-state index in [0.29, 0.717) is 17.0 Å². The van der Waals surface area contributed by atoms with Gasteiger partial charge in [0.25, 0.3) is 5.56 Å². The fraction of sp³-hybridized carbons (Fsp3) is 0.409. The van der Waals surface area contributed by atoms with E-state index in [2.05, 4.69) is 11.9 Å². The molecule has 3 heterocycles. The number of benzene rings is 1. The van der Waals surface area contributed by atoms with Crippen molar-refractivity contribution in [3.63, 3.8) is 0 Å². The van der Waals surface area contributed by atoms with Crippen LogP contribution in [0.4, 0.5) is 0 Å². The number of carbonyl (C=O) groups excluding carboxylic acids is 1. The van der Waals surface area contributed by atoms with Crippen LogP contribution >= 0.6 is 0 Å². The molecule has 28 heavy (non-hydrogen) atoms. The molecular formula is C22H26N4O2. The highest BCUT2D eigenvalue weighted by Gasteiger charge is 2.24. The molecule has 6 heteroatoms. The van der Waals surface area contributed by atoms with E-state index < -0.39 is 0 Å². The first-order chi connectivity index (χ1) is 13.5. The number of piperidine rings is 1. The molecule has 146 valence electrons. The third kappa shape index (κ3) is 3.23. The van der Waals surface area contributed by atoms with Crippen molar-refractivity contribution in [3.8, 4) is 5.69 Å². The van der Waals surface area contributed by atoms with Gasteiger partial charge in [-0.05, 0) is 68.0 Å². The van der Waals surface area contributed by atoms with Gasteiger partial charge in [0, 0.05) is 19.3 Å². The smallest absolute Gasteiger partial charge is 0.280 e. The van der Waals surface area contributed by atoms with Gasteiger partial charge in [0.2, 0.25) is 5.91 Å². The number of likely N-dealkylation sites (tertiary alicyclic amines) is 1. The Balaban J connectivity index is 1.81. The highest BCUT2D eigenvalue weighted by Crippen LogP contribution is 2.19. The Morgan fingerprint density at radius 1 is 1.21 bits per heavy atom. The zero-order valence-corrected chi connectivity index (χ0v) is 16.7. The van der Waals surface area contributed by atoms with E-state index >= 15 is 0 Å². The SMILES string of the molecule is Cc1ccc(-n2c(=O)c3cccnc3n2CC(=O)N2CCC[C@H](C)C2)cc1C. The summed E-state index contributed by atoms with van der Waals surface area (Å²) >= 11 is 0. The third-order valence-electron chi connectivity index (χ3n) is 5.73. The van der Waals surface area contributed by atoms with Crippen LogP contribution < -0.4 is 5.56 Å². The van der Waals surface area contributed by atoms with E-state index in [4.69, 9.17) is 0 Å². The molecule has 1 atom stereocenters. The molecule has 6 nitrogen and oxygen atoms in total. The Morgan fingerprint density at radius 2 is 2.04 bits per heavy atom. The monoisotopic (exact) mass is 378 g/mol. The molecule has 4 rings (SSSR count). The first-order valence-corrected chi connectivity index (χ1v) is 9.87. The molecule has 0 bridgehead atoms. The summed E-state index contributed by atoms with van der Waals surface area (Å²) in [7, 11) is 0. The number of aromatic nitrogens is 3. The number of amides is 1. The number of hydrogen-bond donors (Lipinski definition) is 0. The summed E-state index contributed by atoms with van der Waals surface area (Å²) < 4.78 is 3.32. The van der Waals surface area contributed by atoms with Gasteiger partial charge in [-0.3, -0.25) is 14.3 Å². The maximum Gasteiger partial charge on any atom is 0.280 e. The average molecular weight is 378 g/mol. The lowest BCUT2D eigenvalue weighted by molar-refractivity contribution is -0.133. The molecule has 0 saturated carbocycles. The van der Waals surface area contributed by atoms with E-state index in [9.17, 15) is 9.59 Å². The van der Waals surface area contributed by atoms with Crippen LogP contribution in [0.3, 0.4) is 0 Å². The van der Waals surface area contributed by atoms with Crippen molar-refractivity contribution in [2.75, 3.05) is 13.1 Å². The molecule has 3 aromatic rings. The van der Waals surface area contributed by atoms with Gasteiger partial charge in [-0.25, -0.2) is 9.67 Å². The molecule has 1 saturated heterocycles. The molecule has 0 spiro atoms. The summed E-state index contributed by atoms with van der Waals surface area (Å²) in [5, 5.41) is 0.528. The molecule has 0 radical (unpaired) electrons. The number of fused-ring (bicyclic) bond motifs is 1. The van der Waals surface area contributed by atoms with E-state index in [0.717, 1.165) is 42.7 Å². The Labute approximate surface area is 164 Å². The zero-order chi connectivity index (χ0) is 19.8. The van der Waals surface area contributed by atoms with Crippen LogP contribution in [-0.2, 0) is 11.3 Å². The zero-order valence-electron chi connectivity index (χ0n) is 16.7.